The zero-order valence-electron chi connectivity index (χ0n) is 20.6. The van der Waals surface area contributed by atoms with Gasteiger partial charge in [-0.1, -0.05) is 12.1 Å². The van der Waals surface area contributed by atoms with Crippen molar-refractivity contribution in [2.45, 2.75) is 65.3 Å². The van der Waals surface area contributed by atoms with Gasteiger partial charge in [-0.05, 0) is 100 Å². The number of amides is 1. The summed E-state index contributed by atoms with van der Waals surface area (Å²) in [6.45, 7) is 13.2. The van der Waals surface area contributed by atoms with Gasteiger partial charge in [-0.3, -0.25) is 4.79 Å². The second kappa shape index (κ2) is 10.3. The largest absolute Gasteiger partial charge is 0.494 e. The number of piperidine rings is 1. The molecule has 0 saturated carbocycles. The van der Waals surface area contributed by atoms with Crippen LogP contribution in [0.5, 0.6) is 5.75 Å². The highest BCUT2D eigenvalue weighted by atomic mass is 32.2. The number of nitrogens with zero attached hydrogens (tertiary/aromatic N) is 1. The van der Waals surface area contributed by atoms with Gasteiger partial charge in [0.25, 0.3) is 0 Å². The van der Waals surface area contributed by atoms with E-state index in [4.69, 9.17) is 4.74 Å². The van der Waals surface area contributed by atoms with Gasteiger partial charge in [0.2, 0.25) is 15.9 Å². The highest BCUT2D eigenvalue weighted by Crippen LogP contribution is 2.28. The maximum Gasteiger partial charge on any atom is 0.243 e. The summed E-state index contributed by atoms with van der Waals surface area (Å²) in [5.41, 5.74) is 5.53. The Morgan fingerprint density at radius 1 is 1.03 bits per heavy atom. The van der Waals surface area contributed by atoms with Crippen LogP contribution in [0, 0.1) is 33.6 Å². The molecule has 33 heavy (non-hydrogen) atoms. The Morgan fingerprint density at radius 2 is 1.67 bits per heavy atom. The van der Waals surface area contributed by atoms with Gasteiger partial charge in [0.1, 0.15) is 5.75 Å². The molecule has 1 aliphatic rings. The number of rotatable bonds is 7. The van der Waals surface area contributed by atoms with E-state index in [1.807, 2.05) is 20.8 Å². The van der Waals surface area contributed by atoms with Gasteiger partial charge in [0.05, 0.1) is 17.5 Å². The summed E-state index contributed by atoms with van der Waals surface area (Å²) >= 11 is 0. The summed E-state index contributed by atoms with van der Waals surface area (Å²) in [5, 5.41) is 3.14. The first-order chi connectivity index (χ1) is 15.5. The predicted molar refractivity (Wildman–Crippen MR) is 131 cm³/mol. The molecule has 2 aromatic rings. The maximum atomic E-state index is 13.1. The fraction of sp³-hybridized carbons (Fsp3) is 0.500. The quantitative estimate of drug-likeness (QED) is 0.639. The Balaban J connectivity index is 1.62. The minimum absolute atomic E-state index is 0.00547. The van der Waals surface area contributed by atoms with Crippen molar-refractivity contribution in [1.82, 2.24) is 9.62 Å². The molecule has 1 heterocycles. The third kappa shape index (κ3) is 5.58. The number of ether oxygens (including phenoxy) is 1. The molecular formula is C26H36N2O4S. The van der Waals surface area contributed by atoms with Crippen LogP contribution < -0.4 is 10.1 Å². The molecule has 0 radical (unpaired) electrons. The fourth-order valence-corrected chi connectivity index (χ4v) is 6.02. The number of benzene rings is 2. The highest BCUT2D eigenvalue weighted by Gasteiger charge is 2.32. The Kier molecular flexibility index (Phi) is 7.85. The average molecular weight is 473 g/mol. The summed E-state index contributed by atoms with van der Waals surface area (Å²) < 4.78 is 33.3. The summed E-state index contributed by atoms with van der Waals surface area (Å²) in [5.74, 6) is 0.502. The first kappa shape index (κ1) is 25.2. The lowest BCUT2D eigenvalue weighted by molar-refractivity contribution is -0.126. The molecule has 0 spiro atoms. The van der Waals surface area contributed by atoms with Crippen LogP contribution in [0.25, 0.3) is 0 Å². The molecule has 1 aliphatic heterocycles. The summed E-state index contributed by atoms with van der Waals surface area (Å²) in [6, 6.07) is 9.17. The van der Waals surface area contributed by atoms with Crippen LogP contribution in [-0.2, 0) is 14.8 Å². The van der Waals surface area contributed by atoms with E-state index in [1.165, 1.54) is 15.4 Å². The molecule has 0 aliphatic carbocycles. The van der Waals surface area contributed by atoms with Crippen LogP contribution in [0.2, 0.25) is 0 Å². The molecule has 6 nitrogen and oxygen atoms in total. The number of nitrogens with one attached hydrogen (secondary N) is 1. The molecule has 0 bridgehead atoms. The molecule has 3 rings (SSSR count). The summed E-state index contributed by atoms with van der Waals surface area (Å²) in [4.78, 5) is 13.2. The van der Waals surface area contributed by atoms with Crippen molar-refractivity contribution in [3.05, 3.63) is 58.1 Å². The Hall–Kier alpha value is -2.38. The zero-order valence-corrected chi connectivity index (χ0v) is 21.4. The number of sulfonamides is 1. The minimum Gasteiger partial charge on any atom is -0.494 e. The lowest BCUT2D eigenvalue weighted by atomic mass is 9.94. The van der Waals surface area contributed by atoms with Crippen LogP contribution in [0.3, 0.4) is 0 Å². The first-order valence-corrected chi connectivity index (χ1v) is 13.1. The third-order valence-electron chi connectivity index (χ3n) is 6.62. The second-order valence-electron chi connectivity index (χ2n) is 9.06. The van der Waals surface area contributed by atoms with Crippen molar-refractivity contribution in [2.24, 2.45) is 5.92 Å². The van der Waals surface area contributed by atoms with Crippen LogP contribution in [0.1, 0.15) is 60.5 Å². The lowest BCUT2D eigenvalue weighted by Gasteiger charge is -2.31. The van der Waals surface area contributed by atoms with E-state index < -0.39 is 10.0 Å². The number of carbonyl (C=O) groups is 1. The molecule has 1 amide bonds. The topological polar surface area (TPSA) is 75.7 Å². The van der Waals surface area contributed by atoms with Gasteiger partial charge < -0.3 is 10.1 Å². The van der Waals surface area contributed by atoms with Crippen molar-refractivity contribution >= 4 is 15.9 Å². The third-order valence-corrected chi connectivity index (χ3v) is 8.51. The van der Waals surface area contributed by atoms with Crippen LogP contribution in [0.4, 0.5) is 0 Å². The molecule has 1 N–H and O–H groups in total. The molecule has 0 aromatic heterocycles. The average Bonchev–Trinajstić information content (AvgIpc) is 2.77. The van der Waals surface area contributed by atoms with E-state index >= 15 is 0 Å². The van der Waals surface area contributed by atoms with Gasteiger partial charge in [0, 0.05) is 19.0 Å². The van der Waals surface area contributed by atoms with E-state index in [0.29, 0.717) is 38.3 Å². The lowest BCUT2D eigenvalue weighted by Crippen LogP contribution is -2.43. The van der Waals surface area contributed by atoms with E-state index in [-0.39, 0.29) is 22.8 Å². The van der Waals surface area contributed by atoms with Crippen molar-refractivity contribution in [1.29, 1.82) is 0 Å². The molecule has 2 aromatic carbocycles. The van der Waals surface area contributed by atoms with E-state index in [1.54, 1.807) is 18.2 Å². The Morgan fingerprint density at radius 3 is 2.27 bits per heavy atom. The smallest absolute Gasteiger partial charge is 0.243 e. The Bertz CT molecular complexity index is 1120. The van der Waals surface area contributed by atoms with Crippen molar-refractivity contribution in [2.75, 3.05) is 19.7 Å². The normalized spacial score (nSPS) is 16.4. The molecule has 1 atom stereocenters. The molecule has 0 unspecified atom stereocenters. The second-order valence-corrected chi connectivity index (χ2v) is 11.0. The standard InChI is InChI=1S/C26H36N2O4S/c1-7-32-25-9-8-23(15-20(25)5)33(30,31)28-12-10-22(11-13-28)26(29)27-21(6)24-16-18(3)17(2)14-19(24)4/h8-9,14-16,21-22H,7,10-13H2,1-6H3,(H,27,29)/t21-/m1/s1. The van der Waals surface area contributed by atoms with Crippen LogP contribution >= 0.6 is 0 Å². The number of hydrogen-bond donors (Lipinski definition) is 1. The van der Waals surface area contributed by atoms with Gasteiger partial charge in [0.15, 0.2) is 0 Å². The number of hydrogen-bond acceptors (Lipinski definition) is 4. The van der Waals surface area contributed by atoms with E-state index in [2.05, 4.69) is 38.2 Å². The SMILES string of the molecule is CCOc1ccc(S(=O)(=O)N2CCC(C(=O)N[C@H](C)c3cc(C)c(C)cc3C)CC2)cc1C. The van der Waals surface area contributed by atoms with Crippen molar-refractivity contribution in [3.8, 4) is 5.75 Å². The molecule has 1 saturated heterocycles. The predicted octanol–water partition coefficient (Wildman–Crippen LogP) is 4.60. The van der Waals surface area contributed by atoms with Gasteiger partial charge >= 0.3 is 0 Å². The van der Waals surface area contributed by atoms with Crippen molar-refractivity contribution < 1.29 is 17.9 Å². The summed E-state index contributed by atoms with van der Waals surface area (Å²) in [7, 11) is -3.60. The zero-order chi connectivity index (χ0) is 24.3. The maximum absolute atomic E-state index is 13.1. The van der Waals surface area contributed by atoms with Crippen LogP contribution in [0.15, 0.2) is 35.2 Å². The summed E-state index contributed by atoms with van der Waals surface area (Å²) in [6.07, 6.45) is 1.03. The van der Waals surface area contributed by atoms with Crippen LogP contribution in [-0.4, -0.2) is 38.3 Å². The molecule has 180 valence electrons. The van der Waals surface area contributed by atoms with Gasteiger partial charge in [-0.25, -0.2) is 8.42 Å². The highest BCUT2D eigenvalue weighted by molar-refractivity contribution is 7.89. The van der Waals surface area contributed by atoms with E-state index in [9.17, 15) is 13.2 Å². The number of carbonyl (C=O) groups excluding carboxylic acids is 1. The molecule has 7 heteroatoms. The molecular weight excluding hydrogens is 436 g/mol. The van der Waals surface area contributed by atoms with Crippen molar-refractivity contribution in [3.63, 3.8) is 0 Å². The Labute approximate surface area is 198 Å². The van der Waals surface area contributed by atoms with Gasteiger partial charge in [-0.15, -0.1) is 0 Å². The monoisotopic (exact) mass is 472 g/mol. The fourth-order valence-electron chi connectivity index (χ4n) is 4.47. The minimum atomic E-state index is -3.60. The number of aryl methyl sites for hydroxylation is 4. The first-order valence-electron chi connectivity index (χ1n) is 11.7. The van der Waals surface area contributed by atoms with Gasteiger partial charge in [-0.2, -0.15) is 4.31 Å². The molecule has 1 fully saturated rings. The van der Waals surface area contributed by atoms with E-state index in [0.717, 1.165) is 16.7 Å².